The summed E-state index contributed by atoms with van der Waals surface area (Å²) >= 11 is 0. The van der Waals surface area contributed by atoms with Crippen LogP contribution in [0.15, 0.2) is 30.3 Å². The Balaban J connectivity index is 0.000000640. The molecule has 0 spiro atoms. The Morgan fingerprint density at radius 3 is 2.00 bits per heavy atom. The van der Waals surface area contributed by atoms with Gasteiger partial charge in [-0.25, -0.2) is 0 Å². The van der Waals surface area contributed by atoms with Gasteiger partial charge in [0.1, 0.15) is 0 Å². The molecular weight excluding hydrogens is 109 g/mol. The molecule has 0 heterocycles. The molecule has 0 aliphatic carbocycles. The zero-order valence-corrected chi connectivity index (χ0v) is 4.91. The quantitative estimate of drug-likeness (QED) is 0.464. The number of rotatable bonds is 0. The molecule has 1 aromatic carbocycles. The van der Waals surface area contributed by atoms with Crippen molar-refractivity contribution in [2.75, 3.05) is 0 Å². The third kappa shape index (κ3) is 2.01. The normalized spacial score (nSPS) is 7.00. The number of nitrogens with zero attached hydrogens (tertiary/aromatic N) is 1. The van der Waals surface area contributed by atoms with E-state index in [1.807, 2.05) is 24.3 Å². The van der Waals surface area contributed by atoms with Gasteiger partial charge in [-0.3, -0.25) is 0 Å². The fourth-order valence-electron chi connectivity index (χ4n) is 0.513. The van der Waals surface area contributed by atoms with E-state index >= 15 is 0 Å². The number of hydrogen-bond acceptors (Lipinski definition) is 1. The van der Waals surface area contributed by atoms with Crippen LogP contribution in [0.2, 0.25) is 0 Å². The molecule has 9 heavy (non-hydrogen) atoms. The van der Waals surface area contributed by atoms with Crippen molar-refractivity contribution >= 4 is 8.41 Å². The maximum absolute atomic E-state index is 8.29. The molecule has 41 valence electrons. The van der Waals surface area contributed by atoms with Gasteiger partial charge in [0.05, 0.1) is 11.6 Å². The fraction of sp³-hybridized carbons (Fsp3) is 0. The van der Waals surface area contributed by atoms with E-state index in [-0.39, 0.29) is 8.41 Å². The first-order chi connectivity index (χ1) is 3.93. The van der Waals surface area contributed by atoms with Gasteiger partial charge < -0.3 is 0 Å². The van der Waals surface area contributed by atoms with E-state index < -0.39 is 0 Å². The van der Waals surface area contributed by atoms with Gasteiger partial charge in [0.2, 0.25) is 0 Å². The molecule has 1 rings (SSSR count). The predicted molar refractivity (Wildman–Crippen MR) is 36.9 cm³/mol. The lowest BCUT2D eigenvalue weighted by molar-refractivity contribution is 1.49. The molecule has 0 aliphatic heterocycles. The first-order valence-electron chi connectivity index (χ1n) is 2.38. The highest BCUT2D eigenvalue weighted by Crippen LogP contribution is 1.92. The summed E-state index contributed by atoms with van der Waals surface area (Å²) in [5.41, 5.74) is 0.715. The van der Waals surface area contributed by atoms with Gasteiger partial charge in [0.25, 0.3) is 0 Å². The third-order valence-electron chi connectivity index (χ3n) is 0.903. The smallest absolute Gasteiger partial charge is 0.0991 e. The lowest BCUT2D eigenvalue weighted by atomic mass is 10.2. The first-order valence-corrected chi connectivity index (χ1v) is 2.38. The number of nitriles is 1. The van der Waals surface area contributed by atoms with Crippen LogP contribution in [-0.4, -0.2) is 8.41 Å². The standard InChI is InChI=1S/C7H5N.B/c8-6-7-4-2-1-3-5-7;/h1-5H;. The van der Waals surface area contributed by atoms with Crippen molar-refractivity contribution in [3.63, 3.8) is 0 Å². The highest BCUT2D eigenvalue weighted by molar-refractivity contribution is 5.75. The molecule has 0 N–H and O–H groups in total. The average Bonchev–Trinajstić information content (AvgIpc) is 1.90. The van der Waals surface area contributed by atoms with E-state index in [1.54, 1.807) is 12.1 Å². The van der Waals surface area contributed by atoms with Crippen LogP contribution in [0.1, 0.15) is 5.56 Å². The fourth-order valence-corrected chi connectivity index (χ4v) is 0.513. The monoisotopic (exact) mass is 114 g/mol. The highest BCUT2D eigenvalue weighted by Gasteiger charge is 1.79. The summed E-state index contributed by atoms with van der Waals surface area (Å²) in [5, 5.41) is 8.29. The average molecular weight is 114 g/mol. The zero-order valence-electron chi connectivity index (χ0n) is 4.91. The Kier molecular flexibility index (Phi) is 3.23. The van der Waals surface area contributed by atoms with Crippen molar-refractivity contribution in [2.45, 2.75) is 0 Å². The van der Waals surface area contributed by atoms with Crippen LogP contribution in [0, 0.1) is 11.3 Å². The van der Waals surface area contributed by atoms with Crippen molar-refractivity contribution in [2.24, 2.45) is 0 Å². The lowest BCUT2D eigenvalue weighted by Gasteiger charge is -1.80. The second-order valence-corrected chi connectivity index (χ2v) is 1.48. The topological polar surface area (TPSA) is 23.8 Å². The molecular formula is C7H5BN. The molecule has 1 aromatic rings. The summed E-state index contributed by atoms with van der Waals surface area (Å²) in [6, 6.07) is 11.2. The maximum Gasteiger partial charge on any atom is 0.0991 e. The summed E-state index contributed by atoms with van der Waals surface area (Å²) in [6.45, 7) is 0. The van der Waals surface area contributed by atoms with Gasteiger partial charge in [-0.15, -0.1) is 0 Å². The van der Waals surface area contributed by atoms with Gasteiger partial charge in [0.15, 0.2) is 0 Å². The number of benzene rings is 1. The minimum absolute atomic E-state index is 0. The molecule has 0 aliphatic rings. The molecule has 0 saturated carbocycles. The van der Waals surface area contributed by atoms with Crippen molar-refractivity contribution in [1.82, 2.24) is 0 Å². The third-order valence-corrected chi connectivity index (χ3v) is 0.903. The minimum Gasteiger partial charge on any atom is -0.192 e. The Labute approximate surface area is 56.5 Å². The Morgan fingerprint density at radius 2 is 1.67 bits per heavy atom. The molecule has 0 atom stereocenters. The van der Waals surface area contributed by atoms with Crippen molar-refractivity contribution in [3.05, 3.63) is 35.9 Å². The maximum atomic E-state index is 8.29. The van der Waals surface area contributed by atoms with Crippen LogP contribution in [0.3, 0.4) is 0 Å². The van der Waals surface area contributed by atoms with Crippen LogP contribution < -0.4 is 0 Å². The van der Waals surface area contributed by atoms with Crippen LogP contribution in [-0.2, 0) is 0 Å². The van der Waals surface area contributed by atoms with Crippen molar-refractivity contribution < 1.29 is 0 Å². The Morgan fingerprint density at radius 1 is 1.11 bits per heavy atom. The predicted octanol–water partition coefficient (Wildman–Crippen LogP) is 1.18. The summed E-state index contributed by atoms with van der Waals surface area (Å²) in [5.74, 6) is 0. The molecule has 0 bridgehead atoms. The molecule has 2 heteroatoms. The Hall–Kier alpha value is -1.23. The van der Waals surface area contributed by atoms with E-state index in [4.69, 9.17) is 5.26 Å². The molecule has 0 amide bonds. The van der Waals surface area contributed by atoms with Crippen LogP contribution in [0.5, 0.6) is 0 Å². The van der Waals surface area contributed by atoms with E-state index in [0.717, 1.165) is 0 Å². The minimum atomic E-state index is 0. The second-order valence-electron chi connectivity index (χ2n) is 1.48. The summed E-state index contributed by atoms with van der Waals surface area (Å²) in [6.07, 6.45) is 0. The van der Waals surface area contributed by atoms with Gasteiger partial charge in [-0.2, -0.15) is 5.26 Å². The Bertz CT molecular complexity index is 200. The highest BCUT2D eigenvalue weighted by atomic mass is 14.2. The van der Waals surface area contributed by atoms with E-state index in [0.29, 0.717) is 5.56 Å². The van der Waals surface area contributed by atoms with Crippen LogP contribution >= 0.6 is 0 Å². The molecule has 0 fully saturated rings. The second kappa shape index (κ2) is 3.74. The molecule has 0 aromatic heterocycles. The lowest BCUT2D eigenvalue weighted by Crippen LogP contribution is -1.66. The summed E-state index contributed by atoms with van der Waals surface area (Å²) < 4.78 is 0. The van der Waals surface area contributed by atoms with Gasteiger partial charge >= 0.3 is 0 Å². The van der Waals surface area contributed by atoms with E-state index in [1.165, 1.54) is 0 Å². The number of hydrogen-bond donors (Lipinski definition) is 0. The van der Waals surface area contributed by atoms with Gasteiger partial charge in [-0.05, 0) is 12.1 Å². The van der Waals surface area contributed by atoms with Crippen LogP contribution in [0.25, 0.3) is 0 Å². The SMILES string of the molecule is N#Cc1ccccc1.[B]. The summed E-state index contributed by atoms with van der Waals surface area (Å²) in [4.78, 5) is 0. The van der Waals surface area contributed by atoms with Crippen molar-refractivity contribution in [3.8, 4) is 6.07 Å². The van der Waals surface area contributed by atoms with Crippen LogP contribution in [0.4, 0.5) is 0 Å². The first kappa shape index (κ1) is 7.77. The van der Waals surface area contributed by atoms with Gasteiger partial charge in [0, 0.05) is 8.41 Å². The largest absolute Gasteiger partial charge is 0.192 e. The van der Waals surface area contributed by atoms with Gasteiger partial charge in [-0.1, -0.05) is 18.2 Å². The van der Waals surface area contributed by atoms with E-state index in [9.17, 15) is 0 Å². The molecule has 1 nitrogen and oxygen atoms in total. The van der Waals surface area contributed by atoms with Crippen molar-refractivity contribution in [1.29, 1.82) is 5.26 Å². The zero-order chi connectivity index (χ0) is 5.82. The summed E-state index contributed by atoms with van der Waals surface area (Å²) in [7, 11) is 0. The molecule has 0 saturated heterocycles. The molecule has 0 unspecified atom stereocenters. The molecule has 3 radical (unpaired) electrons. The van der Waals surface area contributed by atoms with E-state index in [2.05, 4.69) is 0 Å².